The van der Waals surface area contributed by atoms with Crippen molar-refractivity contribution in [1.82, 2.24) is 0 Å². The van der Waals surface area contributed by atoms with Gasteiger partial charge < -0.3 is 10.6 Å². The summed E-state index contributed by atoms with van der Waals surface area (Å²) in [6.07, 6.45) is 1.50. The molecule has 0 aliphatic heterocycles. The van der Waals surface area contributed by atoms with Crippen molar-refractivity contribution in [1.29, 1.82) is 0 Å². The molecule has 2 N–H and O–H groups in total. The SMILES string of the molecule is Cc1ccc(Nc2cc(Nc3ccccc3N=Cc3ccc([N+](=O)[O-])cc3)c([N+](=O)[O-])cc2[N+](=O)[O-])cc1. The van der Waals surface area contributed by atoms with Crippen LogP contribution >= 0.6 is 0 Å². The Morgan fingerprint density at radius 2 is 1.29 bits per heavy atom. The molecule has 190 valence electrons. The highest BCUT2D eigenvalue weighted by Crippen LogP contribution is 2.40. The summed E-state index contributed by atoms with van der Waals surface area (Å²) in [7, 11) is 0. The van der Waals surface area contributed by atoms with E-state index in [0.717, 1.165) is 11.6 Å². The smallest absolute Gasteiger partial charge is 0.299 e. The minimum Gasteiger partial charge on any atom is -0.350 e. The summed E-state index contributed by atoms with van der Waals surface area (Å²) in [5.74, 6) is 0. The van der Waals surface area contributed by atoms with Gasteiger partial charge in [-0.05, 0) is 55.0 Å². The van der Waals surface area contributed by atoms with Crippen molar-refractivity contribution in [3.05, 3.63) is 126 Å². The van der Waals surface area contributed by atoms with Crippen molar-refractivity contribution < 1.29 is 14.8 Å². The first-order chi connectivity index (χ1) is 18.2. The highest BCUT2D eigenvalue weighted by Gasteiger charge is 2.25. The lowest BCUT2D eigenvalue weighted by Gasteiger charge is -2.13. The van der Waals surface area contributed by atoms with Gasteiger partial charge >= 0.3 is 0 Å². The Labute approximate surface area is 215 Å². The highest BCUT2D eigenvalue weighted by atomic mass is 16.6. The summed E-state index contributed by atoms with van der Waals surface area (Å²) < 4.78 is 0. The first-order valence-electron chi connectivity index (χ1n) is 11.2. The monoisotopic (exact) mass is 512 g/mol. The molecule has 0 aromatic heterocycles. The summed E-state index contributed by atoms with van der Waals surface area (Å²) in [5.41, 5.74) is 2.12. The van der Waals surface area contributed by atoms with Crippen LogP contribution in [0.5, 0.6) is 0 Å². The fourth-order valence-corrected chi connectivity index (χ4v) is 3.54. The minimum atomic E-state index is -0.701. The summed E-state index contributed by atoms with van der Waals surface area (Å²) in [4.78, 5) is 36.9. The molecule has 12 nitrogen and oxygen atoms in total. The minimum absolute atomic E-state index is 0.0215. The van der Waals surface area contributed by atoms with Gasteiger partial charge in [0.15, 0.2) is 0 Å². The Morgan fingerprint density at radius 3 is 1.89 bits per heavy atom. The zero-order valence-electron chi connectivity index (χ0n) is 19.9. The average molecular weight is 512 g/mol. The zero-order valence-corrected chi connectivity index (χ0v) is 19.9. The molecule has 0 aliphatic carbocycles. The largest absolute Gasteiger partial charge is 0.350 e. The second kappa shape index (κ2) is 11.0. The van der Waals surface area contributed by atoms with Gasteiger partial charge in [0.25, 0.3) is 17.1 Å². The van der Waals surface area contributed by atoms with E-state index in [1.54, 1.807) is 48.5 Å². The van der Waals surface area contributed by atoms with E-state index in [2.05, 4.69) is 15.6 Å². The van der Waals surface area contributed by atoms with Crippen LogP contribution in [-0.4, -0.2) is 21.0 Å². The lowest BCUT2D eigenvalue weighted by molar-refractivity contribution is -0.393. The third-order valence-corrected chi connectivity index (χ3v) is 5.47. The molecule has 0 amide bonds. The predicted molar refractivity (Wildman–Crippen MR) is 144 cm³/mol. The first kappa shape index (κ1) is 25.4. The maximum atomic E-state index is 11.8. The molecular weight excluding hydrogens is 492 g/mol. The maximum Gasteiger partial charge on any atom is 0.299 e. The molecule has 0 saturated heterocycles. The number of rotatable bonds is 9. The van der Waals surface area contributed by atoms with Gasteiger partial charge in [-0.15, -0.1) is 0 Å². The van der Waals surface area contributed by atoms with Crippen molar-refractivity contribution in [2.75, 3.05) is 10.6 Å². The number of nitro benzene ring substituents is 3. The standard InChI is InChI=1S/C26H20N6O6/c1-17-6-10-19(11-7-17)28-23-14-24(26(32(37)38)15-25(23)31(35)36)29-22-5-3-2-4-21(22)27-16-18-8-12-20(13-9-18)30(33)34/h2-16,28-29H,1H3. The van der Waals surface area contributed by atoms with Crippen LogP contribution in [-0.2, 0) is 0 Å². The van der Waals surface area contributed by atoms with Gasteiger partial charge in [0.1, 0.15) is 11.4 Å². The van der Waals surface area contributed by atoms with Crippen LogP contribution in [0.2, 0.25) is 0 Å². The van der Waals surface area contributed by atoms with Gasteiger partial charge in [0.05, 0.1) is 32.2 Å². The van der Waals surface area contributed by atoms with E-state index < -0.39 is 26.1 Å². The molecular formula is C26H20N6O6. The van der Waals surface area contributed by atoms with E-state index in [9.17, 15) is 30.3 Å². The summed E-state index contributed by atoms with van der Waals surface area (Å²) in [5, 5.41) is 40.3. The van der Waals surface area contributed by atoms with Crippen LogP contribution in [0.4, 0.5) is 45.5 Å². The third kappa shape index (κ3) is 5.94. The molecule has 0 saturated carbocycles. The molecule has 4 rings (SSSR count). The topological polar surface area (TPSA) is 166 Å². The number of hydrogen-bond acceptors (Lipinski definition) is 9. The van der Waals surface area contributed by atoms with Gasteiger partial charge in [-0.3, -0.25) is 35.3 Å². The van der Waals surface area contributed by atoms with E-state index >= 15 is 0 Å². The molecule has 0 fully saturated rings. The lowest BCUT2D eigenvalue weighted by atomic mass is 10.1. The normalized spacial score (nSPS) is 10.8. The summed E-state index contributed by atoms with van der Waals surface area (Å²) in [6, 6.07) is 21.9. The van der Waals surface area contributed by atoms with Crippen LogP contribution in [0.25, 0.3) is 0 Å². The Kier molecular flexibility index (Phi) is 7.33. The average Bonchev–Trinajstić information content (AvgIpc) is 2.89. The van der Waals surface area contributed by atoms with Gasteiger partial charge in [0, 0.05) is 24.0 Å². The number of nitro groups is 3. The van der Waals surface area contributed by atoms with E-state index in [4.69, 9.17) is 0 Å². The van der Waals surface area contributed by atoms with Gasteiger partial charge in [-0.25, -0.2) is 0 Å². The van der Waals surface area contributed by atoms with Crippen molar-refractivity contribution >= 4 is 51.7 Å². The van der Waals surface area contributed by atoms with Crippen molar-refractivity contribution in [3.8, 4) is 0 Å². The van der Waals surface area contributed by atoms with Crippen LogP contribution < -0.4 is 10.6 Å². The number of aliphatic imine (C=N–C) groups is 1. The highest BCUT2D eigenvalue weighted by molar-refractivity contribution is 5.87. The molecule has 0 aliphatic rings. The fraction of sp³-hybridized carbons (Fsp3) is 0.0385. The zero-order chi connectivity index (χ0) is 27.2. The van der Waals surface area contributed by atoms with Crippen molar-refractivity contribution in [2.24, 2.45) is 4.99 Å². The molecule has 38 heavy (non-hydrogen) atoms. The van der Waals surface area contributed by atoms with E-state index in [0.29, 0.717) is 22.6 Å². The number of benzene rings is 4. The molecule has 0 bridgehead atoms. The Morgan fingerprint density at radius 1 is 0.684 bits per heavy atom. The summed E-state index contributed by atoms with van der Waals surface area (Å²) >= 11 is 0. The van der Waals surface area contributed by atoms with Crippen LogP contribution in [0, 0.1) is 37.3 Å². The molecule has 0 radical (unpaired) electrons. The van der Waals surface area contributed by atoms with Gasteiger partial charge in [-0.1, -0.05) is 29.8 Å². The first-order valence-corrected chi connectivity index (χ1v) is 11.2. The number of hydrogen-bond donors (Lipinski definition) is 2. The molecule has 4 aromatic rings. The quantitative estimate of drug-likeness (QED) is 0.138. The fourth-order valence-electron chi connectivity index (χ4n) is 3.54. The summed E-state index contributed by atoms with van der Waals surface area (Å²) in [6.45, 7) is 1.90. The van der Waals surface area contributed by atoms with E-state index in [1.165, 1.54) is 24.4 Å². The second-order valence-corrected chi connectivity index (χ2v) is 8.14. The molecule has 12 heteroatoms. The van der Waals surface area contributed by atoms with Crippen LogP contribution in [0.1, 0.15) is 11.1 Å². The van der Waals surface area contributed by atoms with Gasteiger partial charge in [-0.2, -0.15) is 0 Å². The number of nitrogens with one attached hydrogen (secondary N) is 2. The number of nitrogens with zero attached hydrogens (tertiary/aromatic N) is 4. The number of para-hydroxylation sites is 2. The lowest BCUT2D eigenvalue weighted by Crippen LogP contribution is -2.03. The molecule has 0 unspecified atom stereocenters. The number of anilines is 4. The second-order valence-electron chi connectivity index (χ2n) is 8.14. The van der Waals surface area contributed by atoms with Gasteiger partial charge in [0.2, 0.25) is 0 Å². The third-order valence-electron chi connectivity index (χ3n) is 5.47. The van der Waals surface area contributed by atoms with Crippen LogP contribution in [0.15, 0.2) is 89.9 Å². The molecule has 4 aromatic carbocycles. The predicted octanol–water partition coefficient (Wildman–Crippen LogP) is 6.96. The molecule has 0 spiro atoms. The molecule has 0 heterocycles. The Bertz CT molecular complexity index is 1550. The Balaban J connectivity index is 1.70. The number of non-ortho nitro benzene ring substituents is 1. The Hall–Kier alpha value is -5.65. The van der Waals surface area contributed by atoms with Crippen molar-refractivity contribution in [2.45, 2.75) is 6.92 Å². The van der Waals surface area contributed by atoms with Crippen LogP contribution in [0.3, 0.4) is 0 Å². The van der Waals surface area contributed by atoms with E-state index in [-0.39, 0.29) is 17.1 Å². The maximum absolute atomic E-state index is 11.8. The van der Waals surface area contributed by atoms with E-state index in [1.807, 2.05) is 19.1 Å². The van der Waals surface area contributed by atoms with Crippen molar-refractivity contribution in [3.63, 3.8) is 0 Å². The number of aryl methyl sites for hydroxylation is 1. The molecule has 0 atom stereocenters.